The number of ether oxygens (including phenoxy) is 1. The van der Waals surface area contributed by atoms with Crippen molar-refractivity contribution in [1.82, 2.24) is 18.4 Å². The minimum absolute atomic E-state index is 0.00844. The van der Waals surface area contributed by atoms with E-state index >= 15 is 0 Å². The first kappa shape index (κ1) is 19.3. The number of piperazine rings is 1. The van der Waals surface area contributed by atoms with Gasteiger partial charge in [0, 0.05) is 46.3 Å². The van der Waals surface area contributed by atoms with Gasteiger partial charge in [-0.05, 0) is 12.1 Å². The number of likely N-dealkylation sites (N-methyl/N-ethyl adjacent to an activating group) is 1. The average molecular weight is 386 g/mol. The monoisotopic (exact) mass is 386 g/mol. The van der Waals surface area contributed by atoms with Crippen LogP contribution < -0.4 is 0 Å². The van der Waals surface area contributed by atoms with Crippen molar-refractivity contribution in [2.75, 3.05) is 66.1 Å². The van der Waals surface area contributed by atoms with Gasteiger partial charge in [0.25, 0.3) is 10.2 Å². The highest BCUT2D eigenvalue weighted by molar-refractivity contribution is 7.86. The van der Waals surface area contributed by atoms with Crippen molar-refractivity contribution in [2.24, 2.45) is 0 Å². The number of hydrogen-bond donors (Lipinski definition) is 0. The zero-order chi connectivity index (χ0) is 18.6. The van der Waals surface area contributed by atoms with Crippen LogP contribution in [0.4, 0.5) is 0 Å². The molecular formula is C16H26N4O5S. The first-order chi connectivity index (χ1) is 12.5. The van der Waals surface area contributed by atoms with Crippen molar-refractivity contribution in [2.45, 2.75) is 6.54 Å². The van der Waals surface area contributed by atoms with E-state index in [1.165, 1.54) is 8.61 Å². The van der Waals surface area contributed by atoms with E-state index in [0.29, 0.717) is 59.0 Å². The summed E-state index contributed by atoms with van der Waals surface area (Å²) in [5, 5.41) is 0. The van der Waals surface area contributed by atoms with Crippen molar-refractivity contribution >= 4 is 16.1 Å². The molecule has 9 nitrogen and oxygen atoms in total. The van der Waals surface area contributed by atoms with E-state index in [1.807, 2.05) is 11.0 Å². The SMILES string of the molecule is CN(Cc1ccco1)C(=O)CN1CCN(S(=O)(=O)N2CCOCC2)CC1. The van der Waals surface area contributed by atoms with Crippen LogP contribution in [0.2, 0.25) is 0 Å². The number of carbonyl (C=O) groups excluding carboxylic acids is 1. The van der Waals surface area contributed by atoms with Gasteiger partial charge >= 0.3 is 0 Å². The standard InChI is InChI=1S/C16H26N4O5S/c1-17(13-15-3-2-10-25-15)16(21)14-18-4-6-19(7-5-18)26(22,23)20-8-11-24-12-9-20/h2-3,10H,4-9,11-14H2,1H3. The quantitative estimate of drug-likeness (QED) is 0.651. The Bertz CT molecular complexity index is 680. The molecule has 26 heavy (non-hydrogen) atoms. The van der Waals surface area contributed by atoms with Crippen molar-refractivity contribution in [3.05, 3.63) is 24.2 Å². The topological polar surface area (TPSA) is 86.5 Å². The fourth-order valence-electron chi connectivity index (χ4n) is 3.10. The number of morpholine rings is 1. The van der Waals surface area contributed by atoms with Crippen molar-refractivity contribution in [3.8, 4) is 0 Å². The van der Waals surface area contributed by atoms with Crippen molar-refractivity contribution in [3.63, 3.8) is 0 Å². The maximum Gasteiger partial charge on any atom is 0.282 e. The lowest BCUT2D eigenvalue weighted by Crippen LogP contribution is -2.55. The zero-order valence-corrected chi connectivity index (χ0v) is 15.9. The van der Waals surface area contributed by atoms with Gasteiger partial charge in [-0.15, -0.1) is 0 Å². The first-order valence-corrected chi connectivity index (χ1v) is 10.2. The molecule has 0 spiro atoms. The molecule has 1 aromatic rings. The van der Waals surface area contributed by atoms with E-state index in [-0.39, 0.29) is 12.5 Å². The third kappa shape index (κ3) is 4.63. The molecule has 0 radical (unpaired) electrons. The summed E-state index contributed by atoms with van der Waals surface area (Å²) >= 11 is 0. The number of furan rings is 1. The summed E-state index contributed by atoms with van der Waals surface area (Å²) in [5.41, 5.74) is 0. The van der Waals surface area contributed by atoms with Gasteiger partial charge in [0.1, 0.15) is 5.76 Å². The van der Waals surface area contributed by atoms with Crippen LogP contribution in [0.5, 0.6) is 0 Å². The van der Waals surface area contributed by atoms with Crippen LogP contribution in [0, 0.1) is 0 Å². The fourth-order valence-corrected chi connectivity index (χ4v) is 4.66. The average Bonchev–Trinajstić information content (AvgIpc) is 3.16. The highest BCUT2D eigenvalue weighted by Gasteiger charge is 2.33. The molecule has 0 bridgehead atoms. The summed E-state index contributed by atoms with van der Waals surface area (Å²) in [7, 11) is -1.70. The second-order valence-electron chi connectivity index (χ2n) is 6.52. The molecule has 2 saturated heterocycles. The van der Waals surface area contributed by atoms with Crippen LogP contribution in [0.25, 0.3) is 0 Å². The lowest BCUT2D eigenvalue weighted by molar-refractivity contribution is -0.132. The highest BCUT2D eigenvalue weighted by atomic mass is 32.2. The smallest absolute Gasteiger partial charge is 0.282 e. The molecule has 146 valence electrons. The highest BCUT2D eigenvalue weighted by Crippen LogP contribution is 2.14. The van der Waals surface area contributed by atoms with Crippen LogP contribution >= 0.6 is 0 Å². The summed E-state index contributed by atoms with van der Waals surface area (Å²) in [6.45, 7) is 4.28. The molecule has 1 amide bonds. The van der Waals surface area contributed by atoms with Gasteiger partial charge in [-0.1, -0.05) is 0 Å². The molecule has 2 aliphatic heterocycles. The number of amides is 1. The van der Waals surface area contributed by atoms with Crippen molar-refractivity contribution in [1.29, 1.82) is 0 Å². The predicted molar refractivity (Wildman–Crippen MR) is 94.5 cm³/mol. The van der Waals surface area contributed by atoms with Crippen LogP contribution in [-0.4, -0.2) is 98.8 Å². The normalized spacial score (nSPS) is 21.0. The van der Waals surface area contributed by atoms with Crippen LogP contribution in [0.1, 0.15) is 5.76 Å². The summed E-state index contributed by atoms with van der Waals surface area (Å²) in [6, 6.07) is 3.63. The zero-order valence-electron chi connectivity index (χ0n) is 15.0. The second kappa shape index (κ2) is 8.49. The van der Waals surface area contributed by atoms with E-state index in [1.54, 1.807) is 24.3 Å². The minimum Gasteiger partial charge on any atom is -0.467 e. The summed E-state index contributed by atoms with van der Waals surface area (Å²) in [4.78, 5) is 16.0. The van der Waals surface area contributed by atoms with E-state index in [4.69, 9.17) is 9.15 Å². The Morgan fingerprint density at radius 1 is 1.12 bits per heavy atom. The van der Waals surface area contributed by atoms with Gasteiger partial charge < -0.3 is 14.1 Å². The third-order valence-corrected chi connectivity index (χ3v) is 6.75. The molecule has 1 aromatic heterocycles. The van der Waals surface area contributed by atoms with E-state index < -0.39 is 10.2 Å². The Hall–Kier alpha value is -1.46. The Morgan fingerprint density at radius 2 is 1.77 bits per heavy atom. The molecule has 0 saturated carbocycles. The summed E-state index contributed by atoms with van der Waals surface area (Å²) < 4.78 is 38.8. The van der Waals surface area contributed by atoms with Gasteiger partial charge in [0.05, 0.1) is 32.6 Å². The minimum atomic E-state index is -3.44. The summed E-state index contributed by atoms with van der Waals surface area (Å²) in [6.07, 6.45) is 1.59. The Morgan fingerprint density at radius 3 is 2.38 bits per heavy atom. The first-order valence-electron chi connectivity index (χ1n) is 8.78. The van der Waals surface area contributed by atoms with Gasteiger partial charge in [0.15, 0.2) is 0 Å². The molecule has 10 heteroatoms. The molecule has 3 heterocycles. The maximum absolute atomic E-state index is 12.6. The molecule has 0 unspecified atom stereocenters. The molecule has 0 aliphatic carbocycles. The Kier molecular flexibility index (Phi) is 6.30. The molecule has 2 fully saturated rings. The number of hydrogen-bond acceptors (Lipinski definition) is 6. The van der Waals surface area contributed by atoms with Gasteiger partial charge in [-0.3, -0.25) is 9.69 Å². The van der Waals surface area contributed by atoms with Crippen molar-refractivity contribution < 1.29 is 22.4 Å². The molecule has 0 atom stereocenters. The number of carbonyl (C=O) groups is 1. The van der Waals surface area contributed by atoms with E-state index in [0.717, 1.165) is 5.76 Å². The van der Waals surface area contributed by atoms with Crippen LogP contribution in [0.15, 0.2) is 22.8 Å². The Balaban J connectivity index is 1.46. The molecule has 0 N–H and O–H groups in total. The van der Waals surface area contributed by atoms with Gasteiger partial charge in [0.2, 0.25) is 5.91 Å². The van der Waals surface area contributed by atoms with Crippen LogP contribution in [0.3, 0.4) is 0 Å². The molecule has 2 aliphatic rings. The van der Waals surface area contributed by atoms with E-state index in [2.05, 4.69) is 0 Å². The number of rotatable bonds is 6. The predicted octanol–water partition coefficient (Wildman–Crippen LogP) is -0.567. The van der Waals surface area contributed by atoms with Crippen LogP contribution in [-0.2, 0) is 26.3 Å². The largest absolute Gasteiger partial charge is 0.467 e. The second-order valence-corrected chi connectivity index (χ2v) is 8.45. The fraction of sp³-hybridized carbons (Fsp3) is 0.688. The maximum atomic E-state index is 12.6. The third-order valence-electron chi connectivity index (χ3n) is 4.71. The Labute approximate surface area is 154 Å². The lowest BCUT2D eigenvalue weighted by atomic mass is 10.3. The summed E-state index contributed by atoms with van der Waals surface area (Å²) in [5.74, 6) is 0.730. The molecule has 3 rings (SSSR count). The van der Waals surface area contributed by atoms with E-state index in [9.17, 15) is 13.2 Å². The van der Waals surface area contributed by atoms with Gasteiger partial charge in [-0.25, -0.2) is 0 Å². The molecular weight excluding hydrogens is 360 g/mol. The van der Waals surface area contributed by atoms with Gasteiger partial charge in [-0.2, -0.15) is 17.0 Å². The molecule has 0 aromatic carbocycles. The lowest BCUT2D eigenvalue weighted by Gasteiger charge is -2.37. The number of nitrogens with zero attached hydrogens (tertiary/aromatic N) is 4.